The molecule has 0 saturated carbocycles. The number of nitro benzene ring substituents is 1. The van der Waals surface area contributed by atoms with Gasteiger partial charge in [0.1, 0.15) is 11.5 Å². The van der Waals surface area contributed by atoms with Crippen molar-refractivity contribution in [2.24, 2.45) is 17.3 Å². The first kappa shape index (κ1) is 19.8. The van der Waals surface area contributed by atoms with Crippen LogP contribution >= 0.6 is 0 Å². The van der Waals surface area contributed by atoms with Gasteiger partial charge in [-0.15, -0.1) is 10.2 Å². The molecule has 0 atom stereocenters. The van der Waals surface area contributed by atoms with Gasteiger partial charge in [-0.25, -0.2) is 0 Å². The molecule has 0 aliphatic carbocycles. The van der Waals surface area contributed by atoms with Crippen LogP contribution in [0.3, 0.4) is 0 Å². The number of fused-ring (bicyclic) bond motifs is 1. The standard InChI is InChI=1S/C19H18N4O6/c1-11-8-12(23(26)27)9-15-17(19(25)22(2)18(11)15)21-20-16(24)10-29-14-6-4-13(28-3)5-7-14/h4-9,25H,10H2,1-3H3. The first-order valence-corrected chi connectivity index (χ1v) is 8.49. The molecule has 1 heterocycles. The number of amides is 1. The van der Waals surface area contributed by atoms with Crippen LogP contribution in [0.2, 0.25) is 0 Å². The van der Waals surface area contributed by atoms with Crippen LogP contribution in [0.4, 0.5) is 11.4 Å². The highest BCUT2D eigenvalue weighted by atomic mass is 16.6. The molecule has 3 aromatic rings. The number of carbonyl (C=O) groups excluding carboxylic acids is 1. The fourth-order valence-electron chi connectivity index (χ4n) is 2.93. The summed E-state index contributed by atoms with van der Waals surface area (Å²) in [5.74, 6) is 0.170. The van der Waals surface area contributed by atoms with Gasteiger partial charge in [0.05, 0.1) is 17.5 Å². The van der Waals surface area contributed by atoms with Gasteiger partial charge < -0.3 is 19.1 Å². The second-order valence-corrected chi connectivity index (χ2v) is 6.21. The summed E-state index contributed by atoms with van der Waals surface area (Å²) in [6.45, 7) is 1.32. The Balaban J connectivity index is 1.82. The Hall–Kier alpha value is -3.95. The summed E-state index contributed by atoms with van der Waals surface area (Å²) in [5, 5.41) is 29.2. The lowest BCUT2D eigenvalue weighted by Gasteiger charge is -2.04. The van der Waals surface area contributed by atoms with Gasteiger partial charge in [0, 0.05) is 24.6 Å². The smallest absolute Gasteiger partial charge is 0.302 e. The molecule has 1 amide bonds. The molecule has 0 radical (unpaired) electrons. The SMILES string of the molecule is COc1ccc(OCC(=O)N=Nc2c(O)n(C)c3c(C)cc([N+](=O)[O-])cc23)cc1. The first-order valence-electron chi connectivity index (χ1n) is 8.49. The van der Waals surface area contributed by atoms with Crippen LogP contribution < -0.4 is 9.47 Å². The number of carbonyl (C=O) groups is 1. The van der Waals surface area contributed by atoms with Crippen LogP contribution in [0.1, 0.15) is 5.56 Å². The van der Waals surface area contributed by atoms with Crippen LogP contribution in [0.25, 0.3) is 10.9 Å². The quantitative estimate of drug-likeness (QED) is 0.382. The fourth-order valence-corrected chi connectivity index (χ4v) is 2.93. The number of rotatable bonds is 6. The summed E-state index contributed by atoms with van der Waals surface area (Å²) in [7, 11) is 3.13. The van der Waals surface area contributed by atoms with E-state index in [1.165, 1.54) is 16.7 Å². The average molecular weight is 398 g/mol. The lowest BCUT2D eigenvalue weighted by atomic mass is 10.1. The highest BCUT2D eigenvalue weighted by Crippen LogP contribution is 2.41. The molecule has 0 saturated heterocycles. The summed E-state index contributed by atoms with van der Waals surface area (Å²) in [4.78, 5) is 22.6. The lowest BCUT2D eigenvalue weighted by Crippen LogP contribution is -2.07. The Morgan fingerprint density at radius 1 is 1.24 bits per heavy atom. The van der Waals surface area contributed by atoms with E-state index in [9.17, 15) is 20.0 Å². The molecule has 10 heteroatoms. The first-order chi connectivity index (χ1) is 13.8. The van der Waals surface area contributed by atoms with Gasteiger partial charge >= 0.3 is 5.91 Å². The van der Waals surface area contributed by atoms with Gasteiger partial charge in [-0.05, 0) is 36.8 Å². The van der Waals surface area contributed by atoms with Crippen molar-refractivity contribution in [3.63, 3.8) is 0 Å². The molecule has 0 fully saturated rings. The number of nitrogens with zero attached hydrogens (tertiary/aromatic N) is 4. The van der Waals surface area contributed by atoms with E-state index in [-0.39, 0.29) is 23.9 Å². The molecule has 150 valence electrons. The fraction of sp³-hybridized carbons (Fsp3) is 0.211. The van der Waals surface area contributed by atoms with Crippen molar-refractivity contribution in [2.45, 2.75) is 6.92 Å². The predicted octanol–water partition coefficient (Wildman–Crippen LogP) is 3.80. The lowest BCUT2D eigenvalue weighted by molar-refractivity contribution is -0.384. The van der Waals surface area contributed by atoms with Crippen molar-refractivity contribution in [1.29, 1.82) is 0 Å². The monoisotopic (exact) mass is 398 g/mol. The van der Waals surface area contributed by atoms with Crippen LogP contribution in [-0.2, 0) is 11.8 Å². The minimum atomic E-state index is -0.681. The van der Waals surface area contributed by atoms with Crippen molar-refractivity contribution in [3.8, 4) is 17.4 Å². The van der Waals surface area contributed by atoms with Crippen molar-refractivity contribution < 1.29 is 24.3 Å². The number of aromatic nitrogens is 1. The average Bonchev–Trinajstić information content (AvgIpc) is 2.95. The van der Waals surface area contributed by atoms with E-state index in [4.69, 9.17) is 9.47 Å². The van der Waals surface area contributed by atoms with Crippen molar-refractivity contribution in [2.75, 3.05) is 13.7 Å². The van der Waals surface area contributed by atoms with Crippen LogP contribution in [-0.4, -0.2) is 34.2 Å². The van der Waals surface area contributed by atoms with Gasteiger partial charge in [-0.3, -0.25) is 14.9 Å². The Bertz CT molecular complexity index is 1120. The van der Waals surface area contributed by atoms with Crippen LogP contribution in [0.15, 0.2) is 46.6 Å². The molecule has 10 nitrogen and oxygen atoms in total. The van der Waals surface area contributed by atoms with Gasteiger partial charge in [0.25, 0.3) is 5.69 Å². The minimum Gasteiger partial charge on any atom is -0.497 e. The maximum absolute atomic E-state index is 12.0. The molecular weight excluding hydrogens is 380 g/mol. The number of hydrogen-bond donors (Lipinski definition) is 1. The number of nitro groups is 1. The zero-order chi connectivity index (χ0) is 21.1. The summed E-state index contributed by atoms with van der Waals surface area (Å²) < 4.78 is 11.8. The third kappa shape index (κ3) is 4.00. The molecule has 0 aliphatic rings. The molecule has 0 aliphatic heterocycles. The number of ether oxygens (including phenoxy) is 2. The molecule has 2 aromatic carbocycles. The third-order valence-corrected chi connectivity index (χ3v) is 4.30. The zero-order valence-corrected chi connectivity index (χ0v) is 15.9. The number of methoxy groups -OCH3 is 1. The highest BCUT2D eigenvalue weighted by molar-refractivity contribution is 5.98. The summed E-state index contributed by atoms with van der Waals surface area (Å²) in [6.07, 6.45) is 0. The van der Waals surface area contributed by atoms with E-state index in [0.717, 1.165) is 0 Å². The number of non-ortho nitro benzene ring substituents is 1. The number of aromatic hydroxyl groups is 1. The molecule has 0 unspecified atom stereocenters. The summed E-state index contributed by atoms with van der Waals surface area (Å²) >= 11 is 0. The molecule has 3 rings (SSSR count). The summed E-state index contributed by atoms with van der Waals surface area (Å²) in [5.41, 5.74) is 0.977. The zero-order valence-electron chi connectivity index (χ0n) is 15.9. The topological polar surface area (TPSA) is 129 Å². The Labute approximate surface area is 165 Å². The minimum absolute atomic E-state index is 0.0212. The second-order valence-electron chi connectivity index (χ2n) is 6.21. The Morgan fingerprint density at radius 3 is 2.52 bits per heavy atom. The number of aryl methyl sites for hydroxylation is 2. The van der Waals surface area contributed by atoms with Gasteiger partial charge in [-0.1, -0.05) is 0 Å². The van der Waals surface area contributed by atoms with Crippen LogP contribution in [0, 0.1) is 17.0 Å². The molecule has 29 heavy (non-hydrogen) atoms. The number of azo groups is 1. The number of hydrogen-bond acceptors (Lipinski definition) is 7. The van der Waals surface area contributed by atoms with E-state index in [0.29, 0.717) is 28.0 Å². The highest BCUT2D eigenvalue weighted by Gasteiger charge is 2.20. The maximum Gasteiger partial charge on any atom is 0.302 e. The van der Waals surface area contributed by atoms with E-state index >= 15 is 0 Å². The van der Waals surface area contributed by atoms with E-state index in [1.54, 1.807) is 45.3 Å². The largest absolute Gasteiger partial charge is 0.497 e. The number of benzene rings is 2. The molecule has 1 aromatic heterocycles. The van der Waals surface area contributed by atoms with Crippen molar-refractivity contribution in [1.82, 2.24) is 4.57 Å². The summed E-state index contributed by atoms with van der Waals surface area (Å²) in [6, 6.07) is 9.34. The Kier molecular flexibility index (Phi) is 5.44. The van der Waals surface area contributed by atoms with Crippen molar-refractivity contribution >= 4 is 28.2 Å². The predicted molar refractivity (Wildman–Crippen MR) is 104 cm³/mol. The molecular formula is C19H18N4O6. The maximum atomic E-state index is 12.0. The second kappa shape index (κ2) is 7.97. The third-order valence-electron chi connectivity index (χ3n) is 4.30. The normalized spacial score (nSPS) is 11.1. The van der Waals surface area contributed by atoms with Gasteiger partial charge in [-0.2, -0.15) is 0 Å². The molecule has 0 bridgehead atoms. The van der Waals surface area contributed by atoms with E-state index < -0.39 is 10.8 Å². The van der Waals surface area contributed by atoms with E-state index in [1.807, 2.05) is 0 Å². The van der Waals surface area contributed by atoms with E-state index in [2.05, 4.69) is 10.2 Å². The van der Waals surface area contributed by atoms with Crippen LogP contribution in [0.5, 0.6) is 17.4 Å². The molecule has 1 N–H and O–H groups in total. The molecule has 0 spiro atoms. The van der Waals surface area contributed by atoms with Gasteiger partial charge in [0.15, 0.2) is 12.3 Å². The van der Waals surface area contributed by atoms with Crippen molar-refractivity contribution in [3.05, 3.63) is 52.1 Å². The van der Waals surface area contributed by atoms with Gasteiger partial charge in [0.2, 0.25) is 5.88 Å². The Morgan fingerprint density at radius 2 is 1.90 bits per heavy atom.